The summed E-state index contributed by atoms with van der Waals surface area (Å²) >= 11 is 1.74. The van der Waals surface area contributed by atoms with Crippen LogP contribution in [0.2, 0.25) is 0 Å². The Morgan fingerprint density at radius 3 is 2.42 bits per heavy atom. The van der Waals surface area contributed by atoms with Crippen LogP contribution in [0.25, 0.3) is 10.8 Å². The summed E-state index contributed by atoms with van der Waals surface area (Å²) < 4.78 is 70.8. The Morgan fingerprint density at radius 2 is 1.67 bits per heavy atom. The summed E-state index contributed by atoms with van der Waals surface area (Å²) in [7, 11) is -16.0. The summed E-state index contributed by atoms with van der Waals surface area (Å²) in [4.78, 5) is 57.3. The standard InChI is InChI=1S/C25H30IN2O14P3/c1-2-3-11-20-39-21-19(38-24(22(21)40-20)28-12-18(26)23(29)27-25(28)30)13-37-44(33,34)42-45(35,36)41-43(31,32)14-16-9-6-8-15-7-4-5-10-17(15)16/h4-10,12,19-22,24H,2-3,11,13-14H2,1H3,(H,31,32)(H,33,34)(H,35,36)(H,27,29,30). The van der Waals surface area contributed by atoms with Gasteiger partial charge in [-0.25, -0.2) is 18.2 Å². The lowest BCUT2D eigenvalue weighted by atomic mass is 10.1. The van der Waals surface area contributed by atoms with Crippen molar-refractivity contribution in [2.75, 3.05) is 6.61 Å². The fraction of sp³-hybridized carbons (Fsp3) is 0.440. The number of nitrogens with one attached hydrogen (secondary N) is 1. The zero-order chi connectivity index (χ0) is 32.6. The molecule has 3 heterocycles. The van der Waals surface area contributed by atoms with Gasteiger partial charge >= 0.3 is 28.9 Å². The van der Waals surface area contributed by atoms with Crippen LogP contribution in [-0.2, 0) is 47.2 Å². The molecule has 45 heavy (non-hydrogen) atoms. The molecule has 3 aromatic rings. The fourth-order valence-corrected chi connectivity index (χ4v) is 9.70. The van der Waals surface area contributed by atoms with Crippen LogP contribution in [0.5, 0.6) is 0 Å². The highest BCUT2D eigenvalue weighted by atomic mass is 127. The molecular weight excluding hydrogens is 772 g/mol. The van der Waals surface area contributed by atoms with E-state index in [-0.39, 0.29) is 3.57 Å². The Hall–Kier alpha value is -1.56. The molecule has 0 saturated carbocycles. The maximum atomic E-state index is 12.8. The molecule has 2 aromatic carbocycles. The van der Waals surface area contributed by atoms with Crippen molar-refractivity contribution in [2.24, 2.45) is 0 Å². The maximum Gasteiger partial charge on any atom is 0.488 e. The number of unbranched alkanes of at least 4 members (excludes halogenated alkanes) is 1. The van der Waals surface area contributed by atoms with Gasteiger partial charge in [0.25, 0.3) is 5.56 Å². The third-order valence-corrected chi connectivity index (χ3v) is 12.5. The van der Waals surface area contributed by atoms with Crippen molar-refractivity contribution in [3.8, 4) is 0 Å². The first-order chi connectivity index (χ1) is 21.2. The minimum atomic E-state index is -5.64. The van der Waals surface area contributed by atoms with Gasteiger partial charge in [0, 0.05) is 6.20 Å². The topological polar surface area (TPSA) is 222 Å². The molecule has 2 aliphatic rings. The molecule has 1 aromatic heterocycles. The molecule has 2 aliphatic heterocycles. The van der Waals surface area contributed by atoms with E-state index >= 15 is 0 Å². The van der Waals surface area contributed by atoms with Crippen molar-refractivity contribution >= 4 is 56.6 Å². The first kappa shape index (κ1) is 34.8. The summed E-state index contributed by atoms with van der Waals surface area (Å²) in [5, 5.41) is 1.35. The second kappa shape index (κ2) is 13.9. The number of phosphoric acid groups is 2. The van der Waals surface area contributed by atoms with Gasteiger partial charge in [0.2, 0.25) is 0 Å². The number of hydrogen-bond donors (Lipinski definition) is 4. The number of ether oxygens (including phenoxy) is 3. The van der Waals surface area contributed by atoms with E-state index in [9.17, 15) is 38.0 Å². The van der Waals surface area contributed by atoms with E-state index in [0.717, 1.165) is 22.8 Å². The van der Waals surface area contributed by atoms with Crippen molar-refractivity contribution in [3.63, 3.8) is 0 Å². The summed E-state index contributed by atoms with van der Waals surface area (Å²) in [5.74, 6) is 0. The van der Waals surface area contributed by atoms with E-state index < -0.39 is 78.1 Å². The number of fused-ring (bicyclic) bond motifs is 2. The SMILES string of the molecule is CCCCC1OC2C(COP(=O)(O)OP(=O)(O)OP(=O)(O)Cc3cccc4ccccc34)OC(n3cc(I)c(=O)[nH]c3=O)C2O1. The van der Waals surface area contributed by atoms with Gasteiger partial charge in [0.15, 0.2) is 12.5 Å². The molecule has 8 atom stereocenters. The van der Waals surface area contributed by atoms with Gasteiger partial charge in [-0.05, 0) is 51.8 Å². The quantitative estimate of drug-likeness (QED) is 0.141. The van der Waals surface area contributed by atoms with Crippen molar-refractivity contribution in [2.45, 2.75) is 63.2 Å². The van der Waals surface area contributed by atoms with Crippen LogP contribution in [0, 0.1) is 3.57 Å². The first-order valence-electron chi connectivity index (χ1n) is 13.7. The smallest absolute Gasteiger partial charge is 0.346 e. The van der Waals surface area contributed by atoms with Crippen LogP contribution >= 0.6 is 45.8 Å². The second-order valence-corrected chi connectivity index (χ2v) is 16.5. The summed E-state index contributed by atoms with van der Waals surface area (Å²) in [6.45, 7) is 1.22. The molecule has 0 amide bonds. The number of H-pyrrole nitrogens is 1. The monoisotopic (exact) mass is 802 g/mol. The average molecular weight is 802 g/mol. The molecule has 246 valence electrons. The van der Waals surface area contributed by atoms with Crippen LogP contribution < -0.4 is 11.2 Å². The van der Waals surface area contributed by atoms with E-state index in [2.05, 4.69) is 13.6 Å². The number of aromatic nitrogens is 2. The summed E-state index contributed by atoms with van der Waals surface area (Å²) in [6.07, 6.45) is -2.09. The lowest BCUT2D eigenvalue weighted by molar-refractivity contribution is -0.153. The molecule has 4 N–H and O–H groups in total. The minimum Gasteiger partial charge on any atom is -0.346 e. The number of phosphoric ester groups is 1. The predicted molar refractivity (Wildman–Crippen MR) is 166 cm³/mol. The average Bonchev–Trinajstić information content (AvgIpc) is 3.51. The number of hydrogen-bond acceptors (Lipinski definition) is 11. The molecule has 0 spiro atoms. The van der Waals surface area contributed by atoms with Gasteiger partial charge in [-0.1, -0.05) is 55.8 Å². The lowest BCUT2D eigenvalue weighted by Gasteiger charge is -2.22. The van der Waals surface area contributed by atoms with Crippen molar-refractivity contribution < 1.29 is 55.7 Å². The Kier molecular flexibility index (Phi) is 10.7. The van der Waals surface area contributed by atoms with Crippen LogP contribution in [0.4, 0.5) is 0 Å². The Morgan fingerprint density at radius 1 is 0.956 bits per heavy atom. The molecule has 20 heteroatoms. The maximum absolute atomic E-state index is 12.8. The predicted octanol–water partition coefficient (Wildman–Crippen LogP) is 4.13. The second-order valence-electron chi connectivity index (χ2n) is 10.3. The van der Waals surface area contributed by atoms with Crippen molar-refractivity contribution in [1.82, 2.24) is 9.55 Å². The fourth-order valence-electron chi connectivity index (χ4n) is 5.09. The highest BCUT2D eigenvalue weighted by molar-refractivity contribution is 14.1. The summed E-state index contributed by atoms with van der Waals surface area (Å²) in [6, 6.07) is 11.9. The molecular formula is C25H30IN2O14P3. The van der Waals surface area contributed by atoms with Crippen molar-refractivity contribution in [1.29, 1.82) is 0 Å². The van der Waals surface area contributed by atoms with Crippen molar-refractivity contribution in [3.05, 3.63) is 78.6 Å². The number of rotatable bonds is 13. The normalized spacial score (nSPS) is 27.1. The molecule has 0 bridgehead atoms. The third-order valence-electron chi connectivity index (χ3n) is 6.98. The lowest BCUT2D eigenvalue weighted by Crippen LogP contribution is -2.37. The van der Waals surface area contributed by atoms with Gasteiger partial charge in [-0.15, -0.1) is 0 Å². The number of halogens is 1. The molecule has 5 rings (SSSR count). The Labute approximate surface area is 269 Å². The van der Waals surface area contributed by atoms with Crippen LogP contribution in [-0.4, -0.2) is 55.4 Å². The van der Waals surface area contributed by atoms with E-state index in [1.54, 1.807) is 59.0 Å². The first-order valence-corrected chi connectivity index (χ1v) is 19.5. The zero-order valence-electron chi connectivity index (χ0n) is 23.5. The van der Waals surface area contributed by atoms with E-state index in [4.69, 9.17) is 18.7 Å². The Bertz CT molecular complexity index is 1810. The highest BCUT2D eigenvalue weighted by Crippen LogP contribution is 2.68. The van der Waals surface area contributed by atoms with E-state index in [1.807, 2.05) is 6.92 Å². The number of aromatic amines is 1. The van der Waals surface area contributed by atoms with Gasteiger partial charge in [0.05, 0.1) is 16.3 Å². The largest absolute Gasteiger partial charge is 0.488 e. The molecule has 2 fully saturated rings. The Balaban J connectivity index is 1.26. The molecule has 2 saturated heterocycles. The molecule has 16 nitrogen and oxygen atoms in total. The van der Waals surface area contributed by atoms with Crippen LogP contribution in [0.1, 0.15) is 38.0 Å². The highest BCUT2D eigenvalue weighted by Gasteiger charge is 2.54. The van der Waals surface area contributed by atoms with Crippen LogP contribution in [0.3, 0.4) is 0 Å². The van der Waals surface area contributed by atoms with Crippen LogP contribution in [0.15, 0.2) is 58.3 Å². The van der Waals surface area contributed by atoms with E-state index in [1.165, 1.54) is 12.3 Å². The zero-order valence-corrected chi connectivity index (χ0v) is 28.4. The summed E-state index contributed by atoms with van der Waals surface area (Å²) in [5.41, 5.74) is -1.07. The van der Waals surface area contributed by atoms with Gasteiger partial charge < -0.3 is 28.9 Å². The van der Waals surface area contributed by atoms with Gasteiger partial charge in [-0.2, -0.15) is 4.31 Å². The number of nitrogens with zero attached hydrogens (tertiary/aromatic N) is 1. The molecule has 0 aliphatic carbocycles. The minimum absolute atomic E-state index is 0.182. The van der Waals surface area contributed by atoms with Gasteiger partial charge in [-0.3, -0.25) is 23.4 Å². The van der Waals surface area contributed by atoms with Gasteiger partial charge in [0.1, 0.15) is 18.3 Å². The van der Waals surface area contributed by atoms with E-state index in [0.29, 0.717) is 17.4 Å². The molecule has 8 unspecified atom stereocenters. The third kappa shape index (κ3) is 8.49. The number of benzene rings is 2. The molecule has 0 radical (unpaired) electrons.